The number of halogens is 1. The summed E-state index contributed by atoms with van der Waals surface area (Å²) in [6.45, 7) is 12.9. The van der Waals surface area contributed by atoms with Crippen LogP contribution >= 0.6 is 35.3 Å². The minimum Gasteiger partial charge on any atom is -0.355 e. The summed E-state index contributed by atoms with van der Waals surface area (Å²) in [6, 6.07) is 0.761. The first-order chi connectivity index (χ1) is 11.9. The third-order valence-corrected chi connectivity index (χ3v) is 5.71. The van der Waals surface area contributed by atoms with E-state index in [0.717, 1.165) is 42.3 Å². The second-order valence-corrected chi connectivity index (χ2v) is 8.77. The second-order valence-electron chi connectivity index (χ2n) is 7.82. The van der Waals surface area contributed by atoms with Gasteiger partial charge in [-0.05, 0) is 25.8 Å². The van der Waals surface area contributed by atoms with E-state index in [0.29, 0.717) is 0 Å². The van der Waals surface area contributed by atoms with Gasteiger partial charge < -0.3 is 10.6 Å². The Morgan fingerprint density at radius 2 is 2.12 bits per heavy atom. The molecule has 26 heavy (non-hydrogen) atoms. The molecule has 1 unspecified atom stereocenters. The maximum Gasteiger partial charge on any atom is 0.191 e. The molecule has 0 saturated carbocycles. The molecule has 1 aromatic rings. The lowest BCUT2D eigenvalue weighted by molar-refractivity contribution is 0.147. The van der Waals surface area contributed by atoms with Crippen molar-refractivity contribution in [1.82, 2.24) is 20.5 Å². The molecule has 0 amide bonds. The van der Waals surface area contributed by atoms with E-state index in [1.807, 2.05) is 7.05 Å². The van der Waals surface area contributed by atoms with Gasteiger partial charge >= 0.3 is 0 Å². The van der Waals surface area contributed by atoms with Crippen LogP contribution < -0.4 is 10.6 Å². The number of guanidine groups is 1. The molecular formula is C19H36IN5S. The molecule has 2 N–H and O–H groups in total. The van der Waals surface area contributed by atoms with Crippen molar-refractivity contribution in [2.24, 2.45) is 4.99 Å². The largest absolute Gasteiger partial charge is 0.355 e. The van der Waals surface area contributed by atoms with Gasteiger partial charge in [-0.3, -0.25) is 9.89 Å². The number of nitrogens with one attached hydrogen (secondary N) is 2. The molecule has 5 nitrogen and oxygen atoms in total. The molecule has 150 valence electrons. The number of rotatable bonds is 6. The highest BCUT2D eigenvalue weighted by Crippen LogP contribution is 2.23. The molecule has 1 aliphatic heterocycles. The van der Waals surface area contributed by atoms with Gasteiger partial charge in [0.15, 0.2) is 5.96 Å². The third-order valence-electron chi connectivity index (χ3n) is 4.86. The van der Waals surface area contributed by atoms with Crippen molar-refractivity contribution >= 4 is 41.3 Å². The molecule has 0 aliphatic carbocycles. The lowest BCUT2D eigenvalue weighted by atomic mass is 9.93. The SMILES string of the molecule is CCC1CCCCN1CCNC(=NC)NCc1nc(C(C)(C)C)cs1.I. The normalized spacial score (nSPS) is 19.1. The molecular weight excluding hydrogens is 457 g/mol. The Hall–Kier alpha value is -0.410. The number of hydrogen-bond acceptors (Lipinski definition) is 4. The fraction of sp³-hybridized carbons (Fsp3) is 0.789. The van der Waals surface area contributed by atoms with E-state index in [1.165, 1.54) is 32.2 Å². The van der Waals surface area contributed by atoms with Crippen LogP contribution in [-0.4, -0.2) is 48.6 Å². The Morgan fingerprint density at radius 1 is 1.35 bits per heavy atom. The minimum atomic E-state index is 0. The summed E-state index contributed by atoms with van der Waals surface area (Å²) >= 11 is 1.71. The molecule has 2 heterocycles. The molecule has 0 aromatic carbocycles. The number of hydrogen-bond donors (Lipinski definition) is 2. The molecule has 1 atom stereocenters. The number of aliphatic imine (C=N–C) groups is 1. The van der Waals surface area contributed by atoms with Gasteiger partial charge in [0.1, 0.15) is 5.01 Å². The molecule has 1 saturated heterocycles. The van der Waals surface area contributed by atoms with Crippen molar-refractivity contribution in [2.75, 3.05) is 26.7 Å². The van der Waals surface area contributed by atoms with E-state index in [4.69, 9.17) is 4.98 Å². The van der Waals surface area contributed by atoms with Gasteiger partial charge in [-0.1, -0.05) is 34.1 Å². The van der Waals surface area contributed by atoms with Crippen molar-refractivity contribution in [1.29, 1.82) is 0 Å². The average molecular weight is 494 g/mol. The van der Waals surface area contributed by atoms with E-state index in [1.54, 1.807) is 11.3 Å². The van der Waals surface area contributed by atoms with Crippen molar-refractivity contribution in [3.8, 4) is 0 Å². The Balaban J connectivity index is 0.00000338. The number of likely N-dealkylation sites (tertiary alicyclic amines) is 1. The third kappa shape index (κ3) is 7.31. The van der Waals surface area contributed by atoms with Crippen LogP contribution in [0.5, 0.6) is 0 Å². The molecule has 1 fully saturated rings. The molecule has 0 radical (unpaired) electrons. The fourth-order valence-corrected chi connectivity index (χ4v) is 4.21. The zero-order valence-corrected chi connectivity index (χ0v) is 20.1. The number of thiazole rings is 1. The van der Waals surface area contributed by atoms with E-state index in [2.05, 4.69) is 53.6 Å². The predicted molar refractivity (Wildman–Crippen MR) is 124 cm³/mol. The molecule has 0 bridgehead atoms. The Morgan fingerprint density at radius 3 is 2.73 bits per heavy atom. The predicted octanol–water partition coefficient (Wildman–Crippen LogP) is 3.99. The monoisotopic (exact) mass is 493 g/mol. The maximum atomic E-state index is 4.73. The molecule has 0 spiro atoms. The number of aromatic nitrogens is 1. The van der Waals surface area contributed by atoms with Gasteiger partial charge in [-0.25, -0.2) is 4.98 Å². The highest BCUT2D eigenvalue weighted by molar-refractivity contribution is 14.0. The first-order valence-corrected chi connectivity index (χ1v) is 10.5. The lowest BCUT2D eigenvalue weighted by Gasteiger charge is -2.35. The van der Waals surface area contributed by atoms with Gasteiger partial charge in [-0.15, -0.1) is 35.3 Å². The lowest BCUT2D eigenvalue weighted by Crippen LogP contribution is -2.45. The first kappa shape index (κ1) is 23.6. The summed E-state index contributed by atoms with van der Waals surface area (Å²) in [5.74, 6) is 0.859. The van der Waals surface area contributed by atoms with Crippen LogP contribution in [0.1, 0.15) is 64.1 Å². The van der Waals surface area contributed by atoms with Crippen LogP contribution in [0.15, 0.2) is 10.4 Å². The number of nitrogens with zero attached hydrogens (tertiary/aromatic N) is 3. The Bertz CT molecular complexity index is 552. The van der Waals surface area contributed by atoms with Gasteiger partial charge in [0, 0.05) is 37.0 Å². The van der Waals surface area contributed by atoms with E-state index >= 15 is 0 Å². The zero-order valence-electron chi connectivity index (χ0n) is 17.0. The van der Waals surface area contributed by atoms with Crippen molar-refractivity contribution in [3.63, 3.8) is 0 Å². The summed E-state index contributed by atoms with van der Waals surface area (Å²) in [5.41, 5.74) is 1.27. The fourth-order valence-electron chi connectivity index (χ4n) is 3.25. The average Bonchev–Trinajstić information content (AvgIpc) is 3.07. The maximum absolute atomic E-state index is 4.73. The van der Waals surface area contributed by atoms with Crippen LogP contribution in [0.4, 0.5) is 0 Å². The van der Waals surface area contributed by atoms with Crippen molar-refractivity contribution in [2.45, 2.75) is 71.4 Å². The quantitative estimate of drug-likeness (QED) is 0.358. The zero-order chi connectivity index (χ0) is 18.3. The summed E-state index contributed by atoms with van der Waals surface area (Å²) in [4.78, 5) is 11.7. The van der Waals surface area contributed by atoms with Crippen LogP contribution in [0.3, 0.4) is 0 Å². The smallest absolute Gasteiger partial charge is 0.191 e. The standard InChI is InChI=1S/C19H35N5S.HI/c1-6-15-9-7-8-11-24(15)12-10-21-18(20-5)22-13-17-23-16(14-25-17)19(2,3)4;/h14-15H,6-13H2,1-5H3,(H2,20,21,22);1H. The van der Waals surface area contributed by atoms with Gasteiger partial charge in [0.25, 0.3) is 0 Å². The van der Waals surface area contributed by atoms with Gasteiger partial charge in [-0.2, -0.15) is 0 Å². The van der Waals surface area contributed by atoms with Crippen LogP contribution in [0.25, 0.3) is 0 Å². The Labute approximate surface area is 180 Å². The van der Waals surface area contributed by atoms with Crippen molar-refractivity contribution < 1.29 is 0 Å². The van der Waals surface area contributed by atoms with E-state index < -0.39 is 0 Å². The first-order valence-electron chi connectivity index (χ1n) is 9.57. The highest BCUT2D eigenvalue weighted by Gasteiger charge is 2.20. The molecule has 1 aliphatic rings. The molecule has 7 heteroatoms. The van der Waals surface area contributed by atoms with Gasteiger partial charge in [0.2, 0.25) is 0 Å². The second kappa shape index (κ2) is 11.4. The number of piperidine rings is 1. The van der Waals surface area contributed by atoms with Crippen LogP contribution in [0.2, 0.25) is 0 Å². The summed E-state index contributed by atoms with van der Waals surface area (Å²) < 4.78 is 0. The van der Waals surface area contributed by atoms with E-state index in [-0.39, 0.29) is 29.4 Å². The van der Waals surface area contributed by atoms with Crippen molar-refractivity contribution in [3.05, 3.63) is 16.1 Å². The minimum absolute atomic E-state index is 0. The molecule has 2 rings (SSSR count). The highest BCUT2D eigenvalue weighted by atomic mass is 127. The Kier molecular flexibility index (Phi) is 10.4. The van der Waals surface area contributed by atoms with E-state index in [9.17, 15) is 0 Å². The summed E-state index contributed by atoms with van der Waals surface area (Å²) in [6.07, 6.45) is 5.33. The molecule has 1 aromatic heterocycles. The summed E-state index contributed by atoms with van der Waals surface area (Å²) in [5, 5.41) is 10.1. The van der Waals surface area contributed by atoms with Crippen LogP contribution in [-0.2, 0) is 12.0 Å². The topological polar surface area (TPSA) is 52.5 Å². The summed E-state index contributed by atoms with van der Waals surface area (Å²) in [7, 11) is 1.83. The van der Waals surface area contributed by atoms with Gasteiger partial charge in [0.05, 0.1) is 12.2 Å². The van der Waals surface area contributed by atoms with Crippen LogP contribution in [0, 0.1) is 0 Å².